The summed E-state index contributed by atoms with van der Waals surface area (Å²) in [7, 11) is 0. The van der Waals surface area contributed by atoms with E-state index in [1.54, 1.807) is 4.68 Å². The zero-order valence-electron chi connectivity index (χ0n) is 7.09. The Morgan fingerprint density at radius 1 is 1.46 bits per heavy atom. The van der Waals surface area contributed by atoms with Gasteiger partial charge in [-0.05, 0) is 41.9 Å². The number of nitrogens with two attached hydrogens (primary N) is 1. The summed E-state index contributed by atoms with van der Waals surface area (Å²) in [5.74, 6) is 5.41. The van der Waals surface area contributed by atoms with Crippen molar-refractivity contribution in [2.75, 3.05) is 12.4 Å². The first-order chi connectivity index (χ1) is 6.29. The topological polar surface area (TPSA) is 70.9 Å². The van der Waals surface area contributed by atoms with Crippen molar-refractivity contribution < 1.29 is 4.74 Å². The van der Waals surface area contributed by atoms with Crippen molar-refractivity contribution in [3.63, 3.8) is 0 Å². The van der Waals surface area contributed by atoms with Crippen molar-refractivity contribution >= 4 is 12.2 Å². The van der Waals surface area contributed by atoms with Gasteiger partial charge in [-0.15, -0.1) is 4.79 Å². The van der Waals surface area contributed by atoms with Crippen molar-refractivity contribution in [1.82, 2.24) is 19.9 Å². The highest BCUT2D eigenvalue weighted by Crippen LogP contribution is 2.20. The van der Waals surface area contributed by atoms with Crippen molar-refractivity contribution in [2.24, 2.45) is 0 Å². The van der Waals surface area contributed by atoms with Gasteiger partial charge in [-0.1, -0.05) is 0 Å². The lowest BCUT2D eigenvalue weighted by Crippen LogP contribution is -2.20. The Kier molecular flexibility index (Phi) is 2.28. The number of tetrazole rings is 1. The number of aromatic nitrogens is 4. The zero-order chi connectivity index (χ0) is 9.26. The summed E-state index contributed by atoms with van der Waals surface area (Å²) in [6.45, 7) is 0.754. The van der Waals surface area contributed by atoms with E-state index in [1.165, 1.54) is 0 Å². The Morgan fingerprint density at radius 2 is 2.31 bits per heavy atom. The number of nitrogens with zero attached hydrogens (tertiary/aromatic N) is 4. The lowest BCUT2D eigenvalue weighted by atomic mass is 10.2. The summed E-state index contributed by atoms with van der Waals surface area (Å²) in [5, 5.41) is 7.43. The van der Waals surface area contributed by atoms with E-state index in [1.807, 2.05) is 0 Å². The van der Waals surface area contributed by atoms with Crippen LogP contribution in [-0.4, -0.2) is 26.5 Å². The van der Waals surface area contributed by atoms with Gasteiger partial charge in [0.05, 0.1) is 0 Å². The molecule has 0 amide bonds. The SMILES string of the molecule is Nn1nnn(C2CCCCO2)c1=S. The number of nitrogen functional groups attached to an aromatic ring is 1. The third kappa shape index (κ3) is 1.56. The van der Waals surface area contributed by atoms with Crippen LogP contribution < -0.4 is 5.84 Å². The fourth-order valence-corrected chi connectivity index (χ4v) is 1.56. The predicted octanol–water partition coefficient (Wildman–Crippen LogP) is 0.222. The van der Waals surface area contributed by atoms with Crippen molar-refractivity contribution in [3.05, 3.63) is 4.77 Å². The second kappa shape index (κ2) is 3.43. The summed E-state index contributed by atoms with van der Waals surface area (Å²) in [6, 6.07) is 0. The molecular weight excluding hydrogens is 190 g/mol. The molecule has 0 spiro atoms. The Balaban J connectivity index is 2.24. The molecule has 2 heterocycles. The second-order valence-corrected chi connectivity index (χ2v) is 3.34. The van der Waals surface area contributed by atoms with Gasteiger partial charge in [0.2, 0.25) is 4.77 Å². The number of hydrogen-bond donors (Lipinski definition) is 1. The third-order valence-corrected chi connectivity index (χ3v) is 2.43. The first-order valence-corrected chi connectivity index (χ1v) is 4.61. The average Bonchev–Trinajstić information content (AvgIpc) is 2.49. The average molecular weight is 201 g/mol. The number of rotatable bonds is 1. The molecule has 0 saturated carbocycles. The van der Waals surface area contributed by atoms with Crippen LogP contribution >= 0.6 is 12.2 Å². The minimum absolute atomic E-state index is 0.0847. The first-order valence-electron chi connectivity index (χ1n) is 4.20. The van der Waals surface area contributed by atoms with Gasteiger partial charge in [0.25, 0.3) is 0 Å². The number of ether oxygens (including phenoxy) is 1. The second-order valence-electron chi connectivity index (χ2n) is 2.97. The van der Waals surface area contributed by atoms with E-state index in [-0.39, 0.29) is 6.23 Å². The maximum absolute atomic E-state index is 5.48. The molecule has 1 aromatic rings. The van der Waals surface area contributed by atoms with Crippen molar-refractivity contribution in [1.29, 1.82) is 0 Å². The molecular formula is C6H11N5OS. The van der Waals surface area contributed by atoms with Crippen LogP contribution in [0.3, 0.4) is 0 Å². The van der Waals surface area contributed by atoms with E-state index in [0.29, 0.717) is 4.77 Å². The van der Waals surface area contributed by atoms with E-state index < -0.39 is 0 Å². The van der Waals surface area contributed by atoms with Gasteiger partial charge in [0.15, 0.2) is 6.23 Å². The normalized spacial score (nSPS) is 23.2. The van der Waals surface area contributed by atoms with E-state index in [2.05, 4.69) is 10.4 Å². The Hall–Kier alpha value is -0.950. The van der Waals surface area contributed by atoms with Crippen LogP contribution in [0.4, 0.5) is 0 Å². The van der Waals surface area contributed by atoms with Crippen LogP contribution in [0.15, 0.2) is 0 Å². The minimum Gasteiger partial charge on any atom is -0.356 e. The molecule has 0 aliphatic carbocycles. The molecule has 0 radical (unpaired) electrons. The molecule has 2 N–H and O–H groups in total. The minimum atomic E-state index is -0.0847. The van der Waals surface area contributed by atoms with Crippen LogP contribution in [0.5, 0.6) is 0 Å². The molecule has 7 heteroatoms. The summed E-state index contributed by atoms with van der Waals surface area (Å²) in [6.07, 6.45) is 3.07. The van der Waals surface area contributed by atoms with Gasteiger partial charge in [-0.3, -0.25) is 0 Å². The highest BCUT2D eigenvalue weighted by molar-refractivity contribution is 7.71. The predicted molar refractivity (Wildman–Crippen MR) is 47.8 cm³/mol. The van der Waals surface area contributed by atoms with E-state index >= 15 is 0 Å². The Labute approximate surface area is 80.2 Å². The smallest absolute Gasteiger partial charge is 0.239 e. The van der Waals surface area contributed by atoms with E-state index in [4.69, 9.17) is 22.8 Å². The Morgan fingerprint density at radius 3 is 2.85 bits per heavy atom. The van der Waals surface area contributed by atoms with E-state index in [0.717, 1.165) is 30.7 Å². The van der Waals surface area contributed by atoms with Gasteiger partial charge in [0, 0.05) is 6.61 Å². The van der Waals surface area contributed by atoms with Gasteiger partial charge >= 0.3 is 0 Å². The Bertz CT molecular complexity index is 339. The molecule has 72 valence electrons. The molecule has 1 aliphatic heterocycles. The summed E-state index contributed by atoms with van der Waals surface area (Å²) in [5.41, 5.74) is 0. The molecule has 1 saturated heterocycles. The molecule has 6 nitrogen and oxygen atoms in total. The van der Waals surface area contributed by atoms with Crippen molar-refractivity contribution in [2.45, 2.75) is 25.5 Å². The summed E-state index contributed by atoms with van der Waals surface area (Å²) in [4.78, 5) is 1.08. The highest BCUT2D eigenvalue weighted by atomic mass is 32.1. The lowest BCUT2D eigenvalue weighted by Gasteiger charge is -2.21. The van der Waals surface area contributed by atoms with Crippen LogP contribution in [0.1, 0.15) is 25.5 Å². The molecule has 0 aromatic carbocycles. The van der Waals surface area contributed by atoms with Crippen LogP contribution in [0, 0.1) is 4.77 Å². The van der Waals surface area contributed by atoms with E-state index in [9.17, 15) is 0 Å². The fraction of sp³-hybridized carbons (Fsp3) is 0.833. The lowest BCUT2D eigenvalue weighted by molar-refractivity contribution is -0.0414. The molecule has 1 atom stereocenters. The molecule has 1 aliphatic rings. The fourth-order valence-electron chi connectivity index (χ4n) is 1.37. The molecule has 0 bridgehead atoms. The van der Waals surface area contributed by atoms with Gasteiger partial charge in [-0.25, -0.2) is 0 Å². The quantitative estimate of drug-likeness (QED) is 0.520. The van der Waals surface area contributed by atoms with Crippen LogP contribution in [-0.2, 0) is 4.74 Å². The monoisotopic (exact) mass is 201 g/mol. The zero-order valence-corrected chi connectivity index (χ0v) is 7.90. The summed E-state index contributed by atoms with van der Waals surface area (Å²) < 4.78 is 7.43. The van der Waals surface area contributed by atoms with Crippen LogP contribution in [0.2, 0.25) is 0 Å². The molecule has 1 fully saturated rings. The molecule has 1 unspecified atom stereocenters. The third-order valence-electron chi connectivity index (χ3n) is 2.05. The molecule has 13 heavy (non-hydrogen) atoms. The van der Waals surface area contributed by atoms with Gasteiger partial charge < -0.3 is 10.6 Å². The molecule has 2 rings (SSSR count). The number of hydrogen-bond acceptors (Lipinski definition) is 5. The standard InChI is InChI=1S/C6H11N5OS/c7-11-6(13)10(8-9-11)5-3-1-2-4-12-5/h5H,1-4,7H2. The maximum Gasteiger partial charge on any atom is 0.239 e. The highest BCUT2D eigenvalue weighted by Gasteiger charge is 2.18. The largest absolute Gasteiger partial charge is 0.356 e. The van der Waals surface area contributed by atoms with Gasteiger partial charge in [0.1, 0.15) is 0 Å². The summed E-state index contributed by atoms with van der Waals surface area (Å²) >= 11 is 5.00. The van der Waals surface area contributed by atoms with Gasteiger partial charge in [-0.2, -0.15) is 4.68 Å². The first kappa shape index (κ1) is 8.64. The van der Waals surface area contributed by atoms with Crippen molar-refractivity contribution in [3.8, 4) is 0 Å². The molecule has 1 aromatic heterocycles. The maximum atomic E-state index is 5.48. The van der Waals surface area contributed by atoms with Crippen LogP contribution in [0.25, 0.3) is 0 Å².